The van der Waals surface area contributed by atoms with Crippen molar-refractivity contribution in [2.75, 3.05) is 7.11 Å². The van der Waals surface area contributed by atoms with Crippen molar-refractivity contribution in [1.29, 1.82) is 0 Å². The quantitative estimate of drug-likeness (QED) is 0.698. The maximum atomic E-state index is 12.8. The molecule has 140 valence electrons. The normalized spacial score (nSPS) is 19.4. The zero-order chi connectivity index (χ0) is 18.7. The summed E-state index contributed by atoms with van der Waals surface area (Å²) in [5, 5.41) is 3.01. The van der Waals surface area contributed by atoms with E-state index < -0.39 is 0 Å². The van der Waals surface area contributed by atoms with Crippen molar-refractivity contribution in [2.24, 2.45) is 16.1 Å². The molecule has 1 aromatic rings. The van der Waals surface area contributed by atoms with Gasteiger partial charge in [0.05, 0.1) is 18.4 Å². The number of hydrogen-bond acceptors (Lipinski definition) is 5. The number of nitroso groups, excluding NO2 is 1. The molecule has 0 atom stereocenters. The lowest BCUT2D eigenvalue weighted by atomic mass is 9.81. The van der Waals surface area contributed by atoms with Crippen LogP contribution in [-0.4, -0.2) is 24.1 Å². The van der Waals surface area contributed by atoms with E-state index in [4.69, 9.17) is 9.73 Å². The lowest BCUT2D eigenvalue weighted by Crippen LogP contribution is -2.31. The van der Waals surface area contributed by atoms with Gasteiger partial charge >= 0.3 is 0 Å². The maximum Gasteiger partial charge on any atom is 0.141 e. The average Bonchev–Trinajstić information content (AvgIpc) is 2.62. The van der Waals surface area contributed by atoms with Crippen LogP contribution >= 0.6 is 0 Å². The molecule has 2 aliphatic rings. The predicted molar refractivity (Wildman–Crippen MR) is 103 cm³/mol. The van der Waals surface area contributed by atoms with Gasteiger partial charge in [-0.1, -0.05) is 24.4 Å². The van der Waals surface area contributed by atoms with E-state index in [0.717, 1.165) is 54.5 Å². The van der Waals surface area contributed by atoms with Crippen LogP contribution in [0.1, 0.15) is 69.1 Å². The van der Waals surface area contributed by atoms with Crippen LogP contribution < -0.4 is 4.74 Å². The fraction of sp³-hybridized carbons (Fsp3) is 0.619. The Labute approximate surface area is 155 Å². The minimum Gasteiger partial charge on any atom is -0.496 e. The SMILES string of the molecule is COc1cc2c(cc1CN=O)C(CC(=O)C1CCCCC1)=NC(C)(C)C2. The molecule has 0 aromatic heterocycles. The molecule has 0 unspecified atom stereocenters. The molecular formula is C21H28N2O3. The van der Waals surface area contributed by atoms with Gasteiger partial charge in [-0.2, -0.15) is 4.91 Å². The third-order valence-electron chi connectivity index (χ3n) is 5.51. The average molecular weight is 356 g/mol. The zero-order valence-corrected chi connectivity index (χ0v) is 16.0. The molecule has 1 aliphatic heterocycles. The molecule has 1 aromatic carbocycles. The molecule has 1 saturated carbocycles. The Morgan fingerprint density at radius 1 is 1.27 bits per heavy atom. The number of benzene rings is 1. The Hall–Kier alpha value is -2.04. The molecule has 0 bridgehead atoms. The Morgan fingerprint density at radius 2 is 2.00 bits per heavy atom. The van der Waals surface area contributed by atoms with E-state index in [0.29, 0.717) is 18.0 Å². The smallest absolute Gasteiger partial charge is 0.141 e. The van der Waals surface area contributed by atoms with Crippen LogP contribution in [-0.2, 0) is 17.8 Å². The number of hydrogen-bond donors (Lipinski definition) is 0. The first-order valence-corrected chi connectivity index (χ1v) is 9.54. The van der Waals surface area contributed by atoms with Gasteiger partial charge < -0.3 is 4.74 Å². The first kappa shape index (κ1) is 18.7. The standard InChI is InChI=1S/C21H28N2O3/c1-21(2)12-15-10-20(26-3)16(13-22-25)9-17(15)18(23-21)11-19(24)14-7-5-4-6-8-14/h9-10,14H,4-8,11-13H2,1-3H3. The summed E-state index contributed by atoms with van der Waals surface area (Å²) in [5.74, 6) is 1.16. The van der Waals surface area contributed by atoms with Crippen LogP contribution in [0.25, 0.3) is 0 Å². The summed E-state index contributed by atoms with van der Waals surface area (Å²) in [4.78, 5) is 28.5. The number of nitrogens with zero attached hydrogens (tertiary/aromatic N) is 2. The van der Waals surface area contributed by atoms with Gasteiger partial charge in [0.1, 0.15) is 18.1 Å². The van der Waals surface area contributed by atoms with E-state index in [1.165, 1.54) is 6.42 Å². The van der Waals surface area contributed by atoms with Crippen molar-refractivity contribution in [2.45, 2.75) is 70.9 Å². The molecule has 5 nitrogen and oxygen atoms in total. The highest BCUT2D eigenvalue weighted by molar-refractivity contribution is 6.13. The molecular weight excluding hydrogens is 328 g/mol. The number of fused-ring (bicyclic) bond motifs is 1. The monoisotopic (exact) mass is 356 g/mol. The molecule has 1 heterocycles. The zero-order valence-electron chi connectivity index (χ0n) is 16.0. The number of Topliss-reactive ketones (excluding diaryl/α,β-unsaturated/α-hetero) is 1. The Bertz CT molecular complexity index is 731. The number of methoxy groups -OCH3 is 1. The molecule has 0 amide bonds. The Kier molecular flexibility index (Phi) is 5.54. The minimum atomic E-state index is -0.245. The third kappa shape index (κ3) is 4.02. The number of ketones is 1. The van der Waals surface area contributed by atoms with E-state index in [9.17, 15) is 9.70 Å². The lowest BCUT2D eigenvalue weighted by Gasteiger charge is -2.30. The lowest BCUT2D eigenvalue weighted by molar-refractivity contribution is -0.122. The number of aliphatic imine (C=N–C) groups is 1. The second-order valence-electron chi connectivity index (χ2n) is 8.13. The number of rotatable bonds is 6. The predicted octanol–water partition coefficient (Wildman–Crippen LogP) is 4.62. The van der Waals surface area contributed by atoms with Crippen LogP contribution in [0.4, 0.5) is 0 Å². The van der Waals surface area contributed by atoms with Crippen molar-refractivity contribution in [3.05, 3.63) is 33.7 Å². The molecule has 5 heteroatoms. The molecule has 3 rings (SSSR count). The van der Waals surface area contributed by atoms with Crippen LogP contribution in [0, 0.1) is 10.8 Å². The summed E-state index contributed by atoms with van der Waals surface area (Å²) in [6.07, 6.45) is 6.71. The van der Waals surface area contributed by atoms with Crippen LogP contribution in [0.5, 0.6) is 5.75 Å². The van der Waals surface area contributed by atoms with Crippen molar-refractivity contribution >= 4 is 11.5 Å². The number of carbonyl (C=O) groups is 1. The minimum absolute atomic E-state index is 0.0592. The van der Waals surface area contributed by atoms with Crippen molar-refractivity contribution in [3.8, 4) is 5.75 Å². The van der Waals surface area contributed by atoms with Gasteiger partial charge in [0.25, 0.3) is 0 Å². The van der Waals surface area contributed by atoms with Crippen LogP contribution in [0.3, 0.4) is 0 Å². The maximum absolute atomic E-state index is 12.8. The van der Waals surface area contributed by atoms with Crippen molar-refractivity contribution in [1.82, 2.24) is 0 Å². The fourth-order valence-corrected chi connectivity index (χ4v) is 4.26. The molecule has 1 aliphatic carbocycles. The highest BCUT2D eigenvalue weighted by Crippen LogP contribution is 2.34. The highest BCUT2D eigenvalue weighted by Gasteiger charge is 2.30. The van der Waals surface area contributed by atoms with Gasteiger partial charge in [-0.05, 0) is 56.4 Å². The molecule has 0 saturated heterocycles. The number of ether oxygens (including phenoxy) is 1. The first-order valence-electron chi connectivity index (χ1n) is 9.54. The summed E-state index contributed by atoms with van der Waals surface area (Å²) >= 11 is 0. The summed E-state index contributed by atoms with van der Waals surface area (Å²) in [6, 6.07) is 3.93. The molecule has 1 fully saturated rings. The van der Waals surface area contributed by atoms with Crippen molar-refractivity contribution in [3.63, 3.8) is 0 Å². The topological polar surface area (TPSA) is 68.1 Å². The van der Waals surface area contributed by atoms with E-state index in [1.54, 1.807) is 7.11 Å². The molecule has 26 heavy (non-hydrogen) atoms. The van der Waals surface area contributed by atoms with E-state index in [2.05, 4.69) is 19.0 Å². The summed E-state index contributed by atoms with van der Waals surface area (Å²) in [5.41, 5.74) is 3.46. The van der Waals surface area contributed by atoms with Gasteiger partial charge in [-0.25, -0.2) is 0 Å². The van der Waals surface area contributed by atoms with Gasteiger partial charge in [0, 0.05) is 17.9 Å². The van der Waals surface area contributed by atoms with E-state index in [1.807, 2.05) is 12.1 Å². The van der Waals surface area contributed by atoms with Crippen LogP contribution in [0.15, 0.2) is 22.3 Å². The Morgan fingerprint density at radius 3 is 2.65 bits per heavy atom. The van der Waals surface area contributed by atoms with Crippen molar-refractivity contribution < 1.29 is 9.53 Å². The first-order chi connectivity index (χ1) is 12.4. The van der Waals surface area contributed by atoms with Gasteiger partial charge in [0.15, 0.2) is 0 Å². The summed E-state index contributed by atoms with van der Waals surface area (Å²) < 4.78 is 5.44. The Balaban J connectivity index is 1.94. The third-order valence-corrected chi connectivity index (χ3v) is 5.51. The van der Waals surface area contributed by atoms with Gasteiger partial charge in [0.2, 0.25) is 0 Å². The van der Waals surface area contributed by atoms with E-state index in [-0.39, 0.29) is 18.0 Å². The summed E-state index contributed by atoms with van der Waals surface area (Å²) in [6.45, 7) is 4.24. The highest BCUT2D eigenvalue weighted by atomic mass is 16.5. The summed E-state index contributed by atoms with van der Waals surface area (Å²) in [7, 11) is 1.60. The second-order valence-corrected chi connectivity index (χ2v) is 8.13. The molecule has 0 spiro atoms. The molecule has 0 N–H and O–H groups in total. The van der Waals surface area contributed by atoms with Gasteiger partial charge in [-0.3, -0.25) is 9.79 Å². The fourth-order valence-electron chi connectivity index (χ4n) is 4.26. The second kappa shape index (κ2) is 7.68. The largest absolute Gasteiger partial charge is 0.496 e. The van der Waals surface area contributed by atoms with E-state index >= 15 is 0 Å². The molecule has 0 radical (unpaired) electrons. The number of carbonyl (C=O) groups excluding carboxylic acids is 1. The van der Waals surface area contributed by atoms with Gasteiger partial charge in [-0.15, -0.1) is 0 Å². The van der Waals surface area contributed by atoms with Crippen LogP contribution in [0.2, 0.25) is 0 Å².